The molecule has 0 aliphatic rings. The Morgan fingerprint density at radius 1 is 1.10 bits per heavy atom. The molecule has 2 aromatic carbocycles. The highest BCUT2D eigenvalue weighted by atomic mass is 16.5. The number of hydrogen-bond acceptors (Lipinski definition) is 4. The minimum Gasteiger partial charge on any atom is -0.484 e. The molecule has 3 rings (SSSR count). The zero-order chi connectivity index (χ0) is 20.8. The SMILES string of the molecule is Cc1cc(C)cc(OCC(=O)N/N=C\c2c(C)nn(Cc3ccccc3)c2C)c1. The molecule has 0 bridgehead atoms. The zero-order valence-corrected chi connectivity index (χ0v) is 17.3. The summed E-state index contributed by atoms with van der Waals surface area (Å²) in [5.74, 6) is 0.364. The van der Waals surface area contributed by atoms with Crippen LogP contribution >= 0.6 is 0 Å². The van der Waals surface area contributed by atoms with Crippen LogP contribution in [0.1, 0.15) is 33.6 Å². The second-order valence-electron chi connectivity index (χ2n) is 7.13. The van der Waals surface area contributed by atoms with Gasteiger partial charge in [0, 0.05) is 11.3 Å². The van der Waals surface area contributed by atoms with Crippen LogP contribution in [0, 0.1) is 27.7 Å². The highest BCUT2D eigenvalue weighted by molar-refractivity contribution is 5.84. The van der Waals surface area contributed by atoms with Crippen molar-refractivity contribution < 1.29 is 9.53 Å². The molecule has 6 heteroatoms. The van der Waals surface area contributed by atoms with E-state index < -0.39 is 0 Å². The number of carbonyl (C=O) groups is 1. The summed E-state index contributed by atoms with van der Waals surface area (Å²) in [7, 11) is 0. The fraction of sp³-hybridized carbons (Fsp3) is 0.261. The molecule has 0 fully saturated rings. The Bertz CT molecular complexity index is 1000. The Labute approximate surface area is 171 Å². The number of benzene rings is 2. The van der Waals surface area contributed by atoms with E-state index in [-0.39, 0.29) is 12.5 Å². The molecule has 0 aliphatic carbocycles. The van der Waals surface area contributed by atoms with E-state index in [2.05, 4.69) is 33.8 Å². The number of rotatable bonds is 7. The van der Waals surface area contributed by atoms with Gasteiger partial charge in [-0.2, -0.15) is 10.2 Å². The lowest BCUT2D eigenvalue weighted by atomic mass is 10.1. The van der Waals surface area contributed by atoms with Crippen molar-refractivity contribution in [3.63, 3.8) is 0 Å². The summed E-state index contributed by atoms with van der Waals surface area (Å²) in [5, 5.41) is 8.66. The number of aromatic nitrogens is 2. The van der Waals surface area contributed by atoms with Crippen LogP contribution in [0.5, 0.6) is 5.75 Å². The predicted molar refractivity (Wildman–Crippen MR) is 114 cm³/mol. The van der Waals surface area contributed by atoms with Crippen molar-refractivity contribution in [3.8, 4) is 5.75 Å². The lowest BCUT2D eigenvalue weighted by molar-refractivity contribution is -0.123. The highest BCUT2D eigenvalue weighted by Crippen LogP contribution is 2.16. The van der Waals surface area contributed by atoms with E-state index in [1.807, 2.05) is 62.7 Å². The van der Waals surface area contributed by atoms with E-state index >= 15 is 0 Å². The van der Waals surface area contributed by atoms with Gasteiger partial charge in [-0.25, -0.2) is 5.43 Å². The average molecular weight is 390 g/mol. The molecule has 0 aliphatic heterocycles. The van der Waals surface area contributed by atoms with E-state index in [0.717, 1.165) is 28.1 Å². The van der Waals surface area contributed by atoms with Crippen LogP contribution in [0.2, 0.25) is 0 Å². The number of amides is 1. The lowest BCUT2D eigenvalue weighted by Crippen LogP contribution is -2.24. The summed E-state index contributed by atoms with van der Waals surface area (Å²) in [6.07, 6.45) is 1.63. The lowest BCUT2D eigenvalue weighted by Gasteiger charge is -2.07. The molecule has 0 saturated heterocycles. The maximum absolute atomic E-state index is 12.0. The number of ether oxygens (including phenoxy) is 1. The van der Waals surface area contributed by atoms with Crippen LogP contribution < -0.4 is 10.2 Å². The largest absolute Gasteiger partial charge is 0.484 e. The van der Waals surface area contributed by atoms with E-state index in [1.165, 1.54) is 5.56 Å². The fourth-order valence-corrected chi connectivity index (χ4v) is 3.17. The molecule has 1 amide bonds. The summed E-state index contributed by atoms with van der Waals surface area (Å²) >= 11 is 0. The Kier molecular flexibility index (Phi) is 6.44. The van der Waals surface area contributed by atoms with Crippen LogP contribution in [0.4, 0.5) is 0 Å². The fourth-order valence-electron chi connectivity index (χ4n) is 3.17. The van der Waals surface area contributed by atoms with E-state index in [4.69, 9.17) is 4.74 Å². The van der Waals surface area contributed by atoms with Crippen molar-refractivity contribution in [3.05, 3.63) is 82.2 Å². The molecule has 3 aromatic rings. The van der Waals surface area contributed by atoms with Gasteiger partial charge in [0.1, 0.15) is 5.75 Å². The van der Waals surface area contributed by atoms with Crippen molar-refractivity contribution >= 4 is 12.1 Å². The van der Waals surface area contributed by atoms with Gasteiger partial charge >= 0.3 is 0 Å². The van der Waals surface area contributed by atoms with Crippen molar-refractivity contribution in [1.29, 1.82) is 0 Å². The van der Waals surface area contributed by atoms with Gasteiger partial charge in [0.15, 0.2) is 6.61 Å². The van der Waals surface area contributed by atoms with E-state index in [0.29, 0.717) is 12.3 Å². The maximum atomic E-state index is 12.0. The third kappa shape index (κ3) is 5.54. The molecule has 0 saturated carbocycles. The molecular weight excluding hydrogens is 364 g/mol. The summed E-state index contributed by atoms with van der Waals surface area (Å²) in [6.45, 7) is 8.51. The summed E-state index contributed by atoms with van der Waals surface area (Å²) in [5.41, 5.74) is 8.64. The summed E-state index contributed by atoms with van der Waals surface area (Å²) in [4.78, 5) is 12.0. The Morgan fingerprint density at radius 3 is 2.48 bits per heavy atom. The van der Waals surface area contributed by atoms with Crippen LogP contribution in [-0.4, -0.2) is 28.5 Å². The van der Waals surface area contributed by atoms with Crippen LogP contribution in [0.15, 0.2) is 53.6 Å². The van der Waals surface area contributed by atoms with Crippen LogP contribution in [-0.2, 0) is 11.3 Å². The average Bonchev–Trinajstić information content (AvgIpc) is 2.94. The summed E-state index contributed by atoms with van der Waals surface area (Å²) in [6, 6.07) is 16.0. The number of carbonyl (C=O) groups excluding carboxylic acids is 1. The van der Waals surface area contributed by atoms with Gasteiger partial charge in [0.2, 0.25) is 0 Å². The third-order valence-electron chi connectivity index (χ3n) is 4.56. The molecule has 1 heterocycles. The predicted octanol–water partition coefficient (Wildman–Crippen LogP) is 3.69. The van der Waals surface area contributed by atoms with E-state index in [1.54, 1.807) is 6.21 Å². The topological polar surface area (TPSA) is 68.5 Å². The molecule has 1 N–H and O–H groups in total. The quantitative estimate of drug-likeness (QED) is 0.494. The molecule has 1 aromatic heterocycles. The van der Waals surface area contributed by atoms with Gasteiger partial charge in [-0.3, -0.25) is 9.48 Å². The molecule has 29 heavy (non-hydrogen) atoms. The number of aryl methyl sites for hydroxylation is 3. The van der Waals surface area contributed by atoms with Gasteiger partial charge in [-0.1, -0.05) is 36.4 Å². The first kappa shape index (κ1) is 20.3. The molecule has 0 radical (unpaired) electrons. The number of nitrogens with one attached hydrogen (secondary N) is 1. The van der Waals surface area contributed by atoms with E-state index in [9.17, 15) is 4.79 Å². The molecule has 0 atom stereocenters. The number of hydrogen-bond donors (Lipinski definition) is 1. The molecule has 0 unspecified atom stereocenters. The first-order valence-corrected chi connectivity index (χ1v) is 9.53. The van der Waals surface area contributed by atoms with Gasteiger partial charge in [0.25, 0.3) is 5.91 Å². The van der Waals surface area contributed by atoms with Crippen molar-refractivity contribution in [1.82, 2.24) is 15.2 Å². The molecule has 0 spiro atoms. The van der Waals surface area contributed by atoms with Gasteiger partial charge in [-0.15, -0.1) is 0 Å². The third-order valence-corrected chi connectivity index (χ3v) is 4.56. The first-order valence-electron chi connectivity index (χ1n) is 9.53. The minimum absolute atomic E-state index is 0.0918. The van der Waals surface area contributed by atoms with Gasteiger partial charge in [-0.05, 0) is 56.5 Å². The Morgan fingerprint density at radius 2 is 1.79 bits per heavy atom. The van der Waals surface area contributed by atoms with Crippen molar-refractivity contribution in [2.75, 3.05) is 6.61 Å². The molecular formula is C23H26N4O2. The van der Waals surface area contributed by atoms with Gasteiger partial charge < -0.3 is 4.74 Å². The minimum atomic E-state index is -0.313. The first-order chi connectivity index (χ1) is 13.9. The monoisotopic (exact) mass is 390 g/mol. The summed E-state index contributed by atoms with van der Waals surface area (Å²) < 4.78 is 7.49. The Balaban J connectivity index is 1.57. The molecule has 6 nitrogen and oxygen atoms in total. The normalized spacial score (nSPS) is 11.0. The van der Waals surface area contributed by atoms with Crippen LogP contribution in [0.3, 0.4) is 0 Å². The highest BCUT2D eigenvalue weighted by Gasteiger charge is 2.10. The standard InChI is InChI=1S/C23H26N4O2/c1-16-10-17(2)12-21(11-16)29-15-23(28)25-24-13-22-18(3)26-27(19(22)4)14-20-8-6-5-7-9-20/h5-13H,14-15H2,1-4H3,(H,25,28)/b24-13-. The second kappa shape index (κ2) is 9.19. The second-order valence-corrected chi connectivity index (χ2v) is 7.13. The van der Waals surface area contributed by atoms with Gasteiger partial charge in [0.05, 0.1) is 18.5 Å². The Hall–Kier alpha value is -3.41. The molecule has 150 valence electrons. The zero-order valence-electron chi connectivity index (χ0n) is 17.3. The maximum Gasteiger partial charge on any atom is 0.277 e. The number of hydrazone groups is 1. The van der Waals surface area contributed by atoms with Crippen LogP contribution in [0.25, 0.3) is 0 Å². The smallest absolute Gasteiger partial charge is 0.277 e. The van der Waals surface area contributed by atoms with Crippen molar-refractivity contribution in [2.24, 2.45) is 5.10 Å². The number of nitrogens with zero attached hydrogens (tertiary/aromatic N) is 3. The van der Waals surface area contributed by atoms with Crippen molar-refractivity contribution in [2.45, 2.75) is 34.2 Å².